The average Bonchev–Trinajstić information content (AvgIpc) is 2.54. The first-order chi connectivity index (χ1) is 7.08. The summed E-state index contributed by atoms with van der Waals surface area (Å²) >= 11 is 0. The predicted octanol–water partition coefficient (Wildman–Crippen LogP) is 0.870. The number of aromatic nitrogens is 2. The second-order valence-electron chi connectivity index (χ2n) is 3.40. The number of amides is 1. The highest BCUT2D eigenvalue weighted by molar-refractivity contribution is 5.93. The number of carbonyl (C=O) groups excluding carboxylic acids is 1. The van der Waals surface area contributed by atoms with Gasteiger partial charge in [-0.1, -0.05) is 12.8 Å². The van der Waals surface area contributed by atoms with Gasteiger partial charge >= 0.3 is 0 Å². The SMILES string of the molecule is C#CC(CC)NC(=O)c1cc(C)nn1C. The van der Waals surface area contributed by atoms with Gasteiger partial charge in [0, 0.05) is 7.05 Å². The van der Waals surface area contributed by atoms with Crippen LogP contribution in [0.15, 0.2) is 6.07 Å². The van der Waals surface area contributed by atoms with Gasteiger partial charge in [0.05, 0.1) is 11.7 Å². The minimum atomic E-state index is -0.215. The topological polar surface area (TPSA) is 46.9 Å². The van der Waals surface area contributed by atoms with Crippen LogP contribution in [0.3, 0.4) is 0 Å². The molecule has 0 saturated heterocycles. The van der Waals surface area contributed by atoms with Gasteiger partial charge in [-0.25, -0.2) is 0 Å². The fourth-order valence-corrected chi connectivity index (χ4v) is 1.32. The van der Waals surface area contributed by atoms with Crippen molar-refractivity contribution in [1.82, 2.24) is 15.1 Å². The molecule has 80 valence electrons. The van der Waals surface area contributed by atoms with Gasteiger partial charge in [0.2, 0.25) is 0 Å². The van der Waals surface area contributed by atoms with Crippen LogP contribution in [0.4, 0.5) is 0 Å². The van der Waals surface area contributed by atoms with E-state index in [0.29, 0.717) is 5.69 Å². The molecule has 0 aliphatic rings. The van der Waals surface area contributed by atoms with Crippen molar-refractivity contribution in [3.05, 3.63) is 17.5 Å². The van der Waals surface area contributed by atoms with Crippen LogP contribution in [0.25, 0.3) is 0 Å². The maximum atomic E-state index is 11.7. The normalized spacial score (nSPS) is 11.9. The molecule has 0 radical (unpaired) electrons. The molecular formula is C11H15N3O. The van der Waals surface area contributed by atoms with Gasteiger partial charge < -0.3 is 5.32 Å². The van der Waals surface area contributed by atoms with Gasteiger partial charge in [0.25, 0.3) is 5.91 Å². The highest BCUT2D eigenvalue weighted by Gasteiger charge is 2.14. The molecule has 0 bridgehead atoms. The lowest BCUT2D eigenvalue weighted by atomic mass is 10.2. The van der Waals surface area contributed by atoms with E-state index in [0.717, 1.165) is 12.1 Å². The minimum absolute atomic E-state index is 0.178. The molecule has 0 spiro atoms. The zero-order valence-electron chi connectivity index (χ0n) is 9.24. The van der Waals surface area contributed by atoms with Gasteiger partial charge in [0.1, 0.15) is 5.69 Å². The molecule has 0 aliphatic heterocycles. The first kappa shape index (κ1) is 11.3. The lowest BCUT2D eigenvalue weighted by molar-refractivity contribution is 0.0935. The zero-order valence-corrected chi connectivity index (χ0v) is 9.24. The number of carbonyl (C=O) groups is 1. The highest BCUT2D eigenvalue weighted by atomic mass is 16.2. The Labute approximate surface area is 89.7 Å². The fourth-order valence-electron chi connectivity index (χ4n) is 1.32. The van der Waals surface area contributed by atoms with Gasteiger partial charge in [-0.3, -0.25) is 9.48 Å². The summed E-state index contributed by atoms with van der Waals surface area (Å²) in [7, 11) is 1.73. The Morgan fingerprint density at radius 1 is 1.80 bits per heavy atom. The Kier molecular flexibility index (Phi) is 3.51. The fraction of sp³-hybridized carbons (Fsp3) is 0.455. The molecule has 1 atom stereocenters. The lowest BCUT2D eigenvalue weighted by Crippen LogP contribution is -2.34. The van der Waals surface area contributed by atoms with E-state index in [1.54, 1.807) is 17.8 Å². The molecule has 1 unspecified atom stereocenters. The van der Waals surface area contributed by atoms with E-state index in [1.165, 1.54) is 0 Å². The van der Waals surface area contributed by atoms with Crippen LogP contribution in [0.1, 0.15) is 29.5 Å². The predicted molar refractivity (Wildman–Crippen MR) is 58.3 cm³/mol. The zero-order chi connectivity index (χ0) is 11.4. The molecule has 0 aliphatic carbocycles. The van der Waals surface area contributed by atoms with Gasteiger partial charge in [0.15, 0.2) is 0 Å². The summed E-state index contributed by atoms with van der Waals surface area (Å²) in [4.78, 5) is 11.7. The molecular weight excluding hydrogens is 190 g/mol. The third kappa shape index (κ3) is 2.59. The molecule has 0 fully saturated rings. The van der Waals surface area contributed by atoms with E-state index in [-0.39, 0.29) is 11.9 Å². The number of terminal acetylenes is 1. The number of aryl methyl sites for hydroxylation is 2. The summed E-state index contributed by atoms with van der Waals surface area (Å²) in [5, 5.41) is 6.85. The Morgan fingerprint density at radius 3 is 2.87 bits per heavy atom. The van der Waals surface area contributed by atoms with Crippen LogP contribution in [0.5, 0.6) is 0 Å². The molecule has 15 heavy (non-hydrogen) atoms. The quantitative estimate of drug-likeness (QED) is 0.744. The van der Waals surface area contributed by atoms with Gasteiger partial charge in [-0.2, -0.15) is 5.10 Å². The van der Waals surface area contributed by atoms with E-state index in [4.69, 9.17) is 6.42 Å². The van der Waals surface area contributed by atoms with Crippen molar-refractivity contribution in [3.63, 3.8) is 0 Å². The average molecular weight is 205 g/mol. The summed E-state index contributed by atoms with van der Waals surface area (Å²) in [6.45, 7) is 3.77. The van der Waals surface area contributed by atoms with Gasteiger partial charge in [-0.15, -0.1) is 6.42 Å². The van der Waals surface area contributed by atoms with Crippen LogP contribution in [-0.4, -0.2) is 21.7 Å². The van der Waals surface area contributed by atoms with Gasteiger partial charge in [-0.05, 0) is 19.4 Å². The Bertz CT molecular complexity index is 400. The molecule has 1 amide bonds. The lowest BCUT2D eigenvalue weighted by Gasteiger charge is -2.10. The van der Waals surface area contributed by atoms with Crippen molar-refractivity contribution < 1.29 is 4.79 Å². The first-order valence-corrected chi connectivity index (χ1v) is 4.86. The smallest absolute Gasteiger partial charge is 0.270 e. The highest BCUT2D eigenvalue weighted by Crippen LogP contribution is 2.02. The maximum absolute atomic E-state index is 11.7. The van der Waals surface area contributed by atoms with Crippen LogP contribution in [-0.2, 0) is 7.05 Å². The second kappa shape index (κ2) is 4.65. The Balaban J connectivity index is 2.78. The summed E-state index contributed by atoms with van der Waals surface area (Å²) in [6.07, 6.45) is 5.99. The Morgan fingerprint density at radius 2 is 2.47 bits per heavy atom. The van der Waals surface area contributed by atoms with Crippen LogP contribution in [0, 0.1) is 19.3 Å². The molecule has 1 aromatic rings. The molecule has 4 nitrogen and oxygen atoms in total. The van der Waals surface area contributed by atoms with E-state index in [2.05, 4.69) is 16.3 Å². The standard InChI is InChI=1S/C11H15N3O/c1-5-9(6-2)12-11(15)10-7-8(3)13-14(10)4/h1,7,9H,6H2,2-4H3,(H,12,15). The van der Waals surface area contributed by atoms with Crippen molar-refractivity contribution in [3.8, 4) is 12.3 Å². The minimum Gasteiger partial charge on any atom is -0.337 e. The number of hydrogen-bond acceptors (Lipinski definition) is 2. The Hall–Kier alpha value is -1.76. The number of rotatable bonds is 3. The molecule has 1 rings (SSSR count). The van der Waals surface area contributed by atoms with Crippen molar-refractivity contribution in [1.29, 1.82) is 0 Å². The monoisotopic (exact) mass is 205 g/mol. The van der Waals surface area contributed by atoms with Crippen LogP contribution >= 0.6 is 0 Å². The molecule has 1 heterocycles. The molecule has 1 N–H and O–H groups in total. The largest absolute Gasteiger partial charge is 0.337 e. The summed E-state index contributed by atoms with van der Waals surface area (Å²) < 4.78 is 1.55. The maximum Gasteiger partial charge on any atom is 0.270 e. The summed E-state index contributed by atoms with van der Waals surface area (Å²) in [5.74, 6) is 2.34. The van der Waals surface area contributed by atoms with E-state index < -0.39 is 0 Å². The third-order valence-corrected chi connectivity index (χ3v) is 2.15. The number of nitrogens with zero attached hydrogens (tertiary/aromatic N) is 2. The third-order valence-electron chi connectivity index (χ3n) is 2.15. The van der Waals surface area contributed by atoms with Crippen LogP contribution in [0.2, 0.25) is 0 Å². The van der Waals surface area contributed by atoms with E-state index in [9.17, 15) is 4.79 Å². The number of nitrogens with one attached hydrogen (secondary N) is 1. The molecule has 1 aromatic heterocycles. The van der Waals surface area contributed by atoms with Crippen molar-refractivity contribution >= 4 is 5.91 Å². The van der Waals surface area contributed by atoms with Crippen molar-refractivity contribution in [2.45, 2.75) is 26.3 Å². The number of hydrogen-bond donors (Lipinski definition) is 1. The van der Waals surface area contributed by atoms with Crippen LogP contribution < -0.4 is 5.32 Å². The van der Waals surface area contributed by atoms with Crippen molar-refractivity contribution in [2.24, 2.45) is 7.05 Å². The van der Waals surface area contributed by atoms with E-state index in [1.807, 2.05) is 13.8 Å². The van der Waals surface area contributed by atoms with Crippen molar-refractivity contribution in [2.75, 3.05) is 0 Å². The first-order valence-electron chi connectivity index (χ1n) is 4.86. The second-order valence-corrected chi connectivity index (χ2v) is 3.40. The summed E-state index contributed by atoms with van der Waals surface area (Å²) in [5.41, 5.74) is 1.35. The molecule has 0 aromatic carbocycles. The summed E-state index contributed by atoms with van der Waals surface area (Å²) in [6, 6.07) is 1.52. The molecule has 0 saturated carbocycles. The van der Waals surface area contributed by atoms with E-state index >= 15 is 0 Å². The molecule has 4 heteroatoms.